The SMILES string of the molecule is CN1CC2CC(C1)N(C(=O)OC(C)(C)C)N2. The summed E-state index contributed by atoms with van der Waals surface area (Å²) in [5.41, 5.74) is 2.79. The van der Waals surface area contributed by atoms with Crippen LogP contribution in [0.2, 0.25) is 0 Å². The number of hydrogen-bond donors (Lipinski definition) is 1. The van der Waals surface area contributed by atoms with Crippen molar-refractivity contribution < 1.29 is 9.53 Å². The Bertz CT molecular complexity index is 287. The predicted molar refractivity (Wildman–Crippen MR) is 60.9 cm³/mol. The lowest BCUT2D eigenvalue weighted by molar-refractivity contribution is 0.0120. The van der Waals surface area contributed by atoms with E-state index in [0.29, 0.717) is 6.04 Å². The van der Waals surface area contributed by atoms with Gasteiger partial charge < -0.3 is 9.64 Å². The first-order valence-electron chi connectivity index (χ1n) is 5.82. The van der Waals surface area contributed by atoms with Crippen molar-refractivity contribution in [2.24, 2.45) is 0 Å². The largest absolute Gasteiger partial charge is 0.443 e. The molecule has 0 saturated carbocycles. The van der Waals surface area contributed by atoms with Gasteiger partial charge in [-0.1, -0.05) is 0 Å². The molecule has 0 aromatic rings. The summed E-state index contributed by atoms with van der Waals surface area (Å²) in [6.07, 6.45) is 0.777. The van der Waals surface area contributed by atoms with Gasteiger partial charge in [0.05, 0.1) is 6.04 Å². The number of carbonyl (C=O) groups is 1. The van der Waals surface area contributed by atoms with E-state index in [1.54, 1.807) is 5.01 Å². The van der Waals surface area contributed by atoms with E-state index >= 15 is 0 Å². The van der Waals surface area contributed by atoms with Gasteiger partial charge in [0.25, 0.3) is 0 Å². The number of carbonyl (C=O) groups excluding carboxylic acids is 1. The topological polar surface area (TPSA) is 44.8 Å². The second kappa shape index (κ2) is 3.89. The lowest BCUT2D eigenvalue weighted by Gasteiger charge is -2.29. The maximum absolute atomic E-state index is 11.9. The van der Waals surface area contributed by atoms with E-state index in [-0.39, 0.29) is 12.1 Å². The van der Waals surface area contributed by atoms with E-state index in [1.165, 1.54) is 0 Å². The lowest BCUT2D eigenvalue weighted by Crippen LogP contribution is -2.47. The number of hydrazine groups is 1. The van der Waals surface area contributed by atoms with Crippen LogP contribution in [-0.4, -0.2) is 53.8 Å². The molecule has 0 aromatic carbocycles. The van der Waals surface area contributed by atoms with E-state index in [0.717, 1.165) is 19.5 Å². The van der Waals surface area contributed by atoms with Gasteiger partial charge in [0.1, 0.15) is 5.60 Å². The van der Waals surface area contributed by atoms with Crippen LogP contribution >= 0.6 is 0 Å². The van der Waals surface area contributed by atoms with Crippen molar-refractivity contribution >= 4 is 6.09 Å². The van der Waals surface area contributed by atoms with Gasteiger partial charge in [0, 0.05) is 19.1 Å². The summed E-state index contributed by atoms with van der Waals surface area (Å²) in [5.74, 6) is 0. The van der Waals surface area contributed by atoms with Crippen molar-refractivity contribution in [2.45, 2.75) is 44.9 Å². The molecular weight excluding hydrogens is 206 g/mol. The number of fused-ring (bicyclic) bond motifs is 2. The quantitative estimate of drug-likeness (QED) is 0.665. The summed E-state index contributed by atoms with van der Waals surface area (Å²) >= 11 is 0. The molecule has 0 spiro atoms. The van der Waals surface area contributed by atoms with Crippen molar-refractivity contribution in [1.82, 2.24) is 15.3 Å². The van der Waals surface area contributed by atoms with Crippen LogP contribution in [0.25, 0.3) is 0 Å². The summed E-state index contributed by atoms with van der Waals surface area (Å²) in [6.45, 7) is 7.58. The fraction of sp³-hybridized carbons (Fsp3) is 0.909. The molecule has 2 aliphatic rings. The normalized spacial score (nSPS) is 30.6. The minimum atomic E-state index is -0.429. The van der Waals surface area contributed by atoms with E-state index in [4.69, 9.17) is 4.74 Å². The molecule has 0 radical (unpaired) electrons. The zero-order valence-corrected chi connectivity index (χ0v) is 10.5. The van der Waals surface area contributed by atoms with Crippen LogP contribution < -0.4 is 5.43 Å². The molecule has 0 aliphatic carbocycles. The molecule has 92 valence electrons. The van der Waals surface area contributed by atoms with Crippen molar-refractivity contribution in [1.29, 1.82) is 0 Å². The Morgan fingerprint density at radius 2 is 2.06 bits per heavy atom. The fourth-order valence-electron chi connectivity index (χ4n) is 2.38. The van der Waals surface area contributed by atoms with Crippen LogP contribution in [0.15, 0.2) is 0 Å². The third-order valence-corrected chi connectivity index (χ3v) is 2.89. The Kier molecular flexibility index (Phi) is 2.84. The third kappa shape index (κ3) is 2.47. The van der Waals surface area contributed by atoms with E-state index in [1.807, 2.05) is 20.8 Å². The fourth-order valence-corrected chi connectivity index (χ4v) is 2.38. The Morgan fingerprint density at radius 1 is 1.38 bits per heavy atom. The molecule has 2 bridgehead atoms. The molecule has 5 nitrogen and oxygen atoms in total. The molecule has 2 rings (SSSR count). The first-order valence-corrected chi connectivity index (χ1v) is 5.82. The number of piperidine rings is 1. The second-order valence-corrected chi connectivity index (χ2v) is 5.79. The molecule has 1 N–H and O–H groups in total. The number of likely N-dealkylation sites (tertiary alicyclic amines) is 1. The van der Waals surface area contributed by atoms with Crippen molar-refractivity contribution in [3.05, 3.63) is 0 Å². The lowest BCUT2D eigenvalue weighted by atomic mass is 10.1. The van der Waals surface area contributed by atoms with Crippen LogP contribution in [0.3, 0.4) is 0 Å². The Balaban J connectivity index is 1.98. The smallest absolute Gasteiger partial charge is 0.425 e. The third-order valence-electron chi connectivity index (χ3n) is 2.89. The number of nitrogens with one attached hydrogen (secondary N) is 1. The molecule has 2 saturated heterocycles. The summed E-state index contributed by atoms with van der Waals surface area (Å²) in [5, 5.41) is 1.67. The maximum atomic E-state index is 11.9. The molecule has 2 atom stereocenters. The van der Waals surface area contributed by atoms with E-state index < -0.39 is 5.60 Å². The molecule has 2 unspecified atom stereocenters. The van der Waals surface area contributed by atoms with Crippen molar-refractivity contribution in [3.63, 3.8) is 0 Å². The summed E-state index contributed by atoms with van der Waals surface area (Å²) in [7, 11) is 2.08. The number of amides is 1. The van der Waals surface area contributed by atoms with E-state index in [9.17, 15) is 4.79 Å². The number of likely N-dealkylation sites (N-methyl/N-ethyl adjacent to an activating group) is 1. The molecule has 2 heterocycles. The minimum Gasteiger partial charge on any atom is -0.443 e. The summed E-state index contributed by atoms with van der Waals surface area (Å²) in [4.78, 5) is 14.2. The average molecular weight is 227 g/mol. The van der Waals surface area contributed by atoms with Gasteiger partial charge in [0.15, 0.2) is 0 Å². The molecule has 16 heavy (non-hydrogen) atoms. The zero-order chi connectivity index (χ0) is 11.9. The Hall–Kier alpha value is -0.810. The zero-order valence-electron chi connectivity index (χ0n) is 10.5. The van der Waals surface area contributed by atoms with E-state index in [2.05, 4.69) is 17.4 Å². The molecule has 5 heteroatoms. The van der Waals surface area contributed by atoms with Crippen LogP contribution in [-0.2, 0) is 4.74 Å². The summed E-state index contributed by atoms with van der Waals surface area (Å²) in [6, 6.07) is 0.634. The van der Waals surface area contributed by atoms with Gasteiger partial charge in [-0.3, -0.25) is 0 Å². The van der Waals surface area contributed by atoms with Crippen molar-refractivity contribution in [3.8, 4) is 0 Å². The molecule has 1 amide bonds. The number of nitrogens with zero attached hydrogens (tertiary/aromatic N) is 2. The first-order chi connectivity index (χ1) is 7.35. The molecule has 2 fully saturated rings. The van der Waals surface area contributed by atoms with Crippen LogP contribution in [0.1, 0.15) is 27.2 Å². The molecule has 2 aliphatic heterocycles. The van der Waals surface area contributed by atoms with Crippen LogP contribution in [0, 0.1) is 0 Å². The van der Waals surface area contributed by atoms with Gasteiger partial charge in [-0.05, 0) is 34.2 Å². The molecule has 0 aromatic heterocycles. The van der Waals surface area contributed by atoms with Gasteiger partial charge in [-0.25, -0.2) is 15.2 Å². The maximum Gasteiger partial charge on any atom is 0.425 e. The number of hydrogen-bond acceptors (Lipinski definition) is 4. The van der Waals surface area contributed by atoms with Gasteiger partial charge >= 0.3 is 6.09 Å². The van der Waals surface area contributed by atoms with Gasteiger partial charge in [0.2, 0.25) is 0 Å². The Labute approximate surface area is 96.7 Å². The monoisotopic (exact) mass is 227 g/mol. The summed E-state index contributed by atoms with van der Waals surface area (Å²) < 4.78 is 5.37. The highest BCUT2D eigenvalue weighted by Crippen LogP contribution is 2.23. The van der Waals surface area contributed by atoms with Crippen LogP contribution in [0.5, 0.6) is 0 Å². The number of rotatable bonds is 0. The predicted octanol–water partition coefficient (Wildman–Crippen LogP) is 0.814. The second-order valence-electron chi connectivity index (χ2n) is 5.79. The highest BCUT2D eigenvalue weighted by Gasteiger charge is 2.41. The first kappa shape index (κ1) is 11.7. The highest BCUT2D eigenvalue weighted by atomic mass is 16.6. The van der Waals surface area contributed by atoms with Gasteiger partial charge in [-0.15, -0.1) is 0 Å². The van der Waals surface area contributed by atoms with Crippen LogP contribution in [0.4, 0.5) is 4.79 Å². The molecular formula is C11H21N3O2. The number of ether oxygens (including phenoxy) is 1. The highest BCUT2D eigenvalue weighted by molar-refractivity contribution is 5.68. The van der Waals surface area contributed by atoms with Crippen molar-refractivity contribution in [2.75, 3.05) is 20.1 Å². The standard InChI is InChI=1S/C11H21N3O2/c1-11(2,3)16-10(15)14-9-5-8(12-14)6-13(4)7-9/h8-9,12H,5-7H2,1-4H3. The minimum absolute atomic E-state index is 0.249. The average Bonchev–Trinajstić information content (AvgIpc) is 2.38. The Morgan fingerprint density at radius 3 is 2.69 bits per heavy atom. The van der Waals surface area contributed by atoms with Gasteiger partial charge in [-0.2, -0.15) is 0 Å².